The lowest BCUT2D eigenvalue weighted by atomic mass is 10.0. The Morgan fingerprint density at radius 2 is 2.00 bits per heavy atom. The monoisotopic (exact) mass is 322 g/mol. The van der Waals surface area contributed by atoms with Gasteiger partial charge < -0.3 is 0 Å². The summed E-state index contributed by atoms with van der Waals surface area (Å²) in [5.41, 5.74) is 4.03. The van der Waals surface area contributed by atoms with E-state index < -0.39 is 0 Å². The maximum atomic E-state index is 6.08. The highest BCUT2D eigenvalue weighted by atomic mass is 35.5. The van der Waals surface area contributed by atoms with Crippen LogP contribution in [0.15, 0.2) is 18.2 Å². The van der Waals surface area contributed by atoms with E-state index in [1.807, 2.05) is 41.7 Å². The van der Waals surface area contributed by atoms with E-state index in [2.05, 4.69) is 12.3 Å². The number of nitrogens with two attached hydrogens (primary N) is 1. The fourth-order valence-electron chi connectivity index (χ4n) is 2.10. The number of hydrogen-bond donors (Lipinski definition) is 2. The smallest absolute Gasteiger partial charge is 0.0595 e. The Kier molecular flexibility index (Phi) is 5.54. The van der Waals surface area contributed by atoms with E-state index in [1.54, 1.807) is 0 Å². The molecule has 2 nitrogen and oxygen atoms in total. The highest BCUT2D eigenvalue weighted by Gasteiger charge is 2.31. The molecule has 100 valence electrons. The molecule has 0 aliphatic carbocycles. The average Bonchev–Trinajstić information content (AvgIpc) is 2.37. The van der Waals surface area contributed by atoms with Crippen molar-refractivity contribution in [1.82, 2.24) is 5.43 Å². The molecular weight excluding hydrogens is 307 g/mol. The van der Waals surface area contributed by atoms with Gasteiger partial charge in [0.25, 0.3) is 0 Å². The van der Waals surface area contributed by atoms with E-state index in [0.29, 0.717) is 20.5 Å². The third kappa shape index (κ3) is 3.30. The Morgan fingerprint density at radius 1 is 1.28 bits per heavy atom. The van der Waals surface area contributed by atoms with Gasteiger partial charge in [-0.2, -0.15) is 23.5 Å². The highest BCUT2D eigenvalue weighted by molar-refractivity contribution is 8.07. The van der Waals surface area contributed by atoms with Gasteiger partial charge in [0.15, 0.2) is 0 Å². The minimum Gasteiger partial charge on any atom is -0.271 e. The Balaban J connectivity index is 2.23. The zero-order valence-electron chi connectivity index (χ0n) is 10.0. The zero-order chi connectivity index (χ0) is 13.1. The first-order valence-corrected chi connectivity index (χ1v) is 8.63. The molecule has 6 heteroatoms. The summed E-state index contributed by atoms with van der Waals surface area (Å²) in [6.07, 6.45) is 0. The summed E-state index contributed by atoms with van der Waals surface area (Å²) in [5, 5.41) is 2.18. The Labute approximate surface area is 126 Å². The van der Waals surface area contributed by atoms with Crippen LogP contribution in [0.25, 0.3) is 0 Å². The largest absolute Gasteiger partial charge is 0.271 e. The predicted molar refractivity (Wildman–Crippen MR) is 84.7 cm³/mol. The normalized spacial score (nSPS) is 26.0. The molecule has 1 aromatic rings. The molecular formula is C12H16Cl2N2S2. The lowest BCUT2D eigenvalue weighted by Gasteiger charge is -2.34. The number of hydrogen-bond acceptors (Lipinski definition) is 4. The molecule has 1 aliphatic heterocycles. The van der Waals surface area contributed by atoms with Gasteiger partial charge in [-0.1, -0.05) is 36.2 Å². The summed E-state index contributed by atoms with van der Waals surface area (Å²) in [7, 11) is 0. The first-order chi connectivity index (χ1) is 8.63. The van der Waals surface area contributed by atoms with E-state index in [1.165, 1.54) is 11.5 Å². The standard InChI is InChI=1S/C12H16Cl2N2S2/c1-7-12(18-5-4-17-7)11(16-15)8-2-3-9(13)10(14)6-8/h2-3,6-7,11-12,16H,4-5,15H2,1H3. The second-order valence-corrected chi connectivity index (χ2v) is 7.81. The highest BCUT2D eigenvalue weighted by Crippen LogP contribution is 2.39. The van der Waals surface area contributed by atoms with Crippen LogP contribution in [0.1, 0.15) is 18.5 Å². The summed E-state index contributed by atoms with van der Waals surface area (Å²) in [6, 6.07) is 5.83. The summed E-state index contributed by atoms with van der Waals surface area (Å²) >= 11 is 16.0. The van der Waals surface area contributed by atoms with E-state index in [9.17, 15) is 0 Å². The molecule has 1 heterocycles. The van der Waals surface area contributed by atoms with Crippen LogP contribution < -0.4 is 11.3 Å². The maximum absolute atomic E-state index is 6.08. The molecule has 1 saturated heterocycles. The maximum Gasteiger partial charge on any atom is 0.0595 e. The average molecular weight is 323 g/mol. The van der Waals surface area contributed by atoms with Crippen molar-refractivity contribution in [3.8, 4) is 0 Å². The van der Waals surface area contributed by atoms with Gasteiger partial charge in [-0.25, -0.2) is 0 Å². The lowest BCUT2D eigenvalue weighted by molar-refractivity contribution is 0.527. The Hall–Kier alpha value is 0.420. The molecule has 0 amide bonds. The van der Waals surface area contributed by atoms with Gasteiger partial charge in [0.05, 0.1) is 16.1 Å². The van der Waals surface area contributed by atoms with Crippen molar-refractivity contribution in [3.63, 3.8) is 0 Å². The summed E-state index contributed by atoms with van der Waals surface area (Å²) in [5.74, 6) is 8.11. The van der Waals surface area contributed by atoms with Crippen molar-refractivity contribution >= 4 is 46.7 Å². The van der Waals surface area contributed by atoms with Crippen LogP contribution in [0, 0.1) is 0 Å². The summed E-state index contributed by atoms with van der Waals surface area (Å²) in [4.78, 5) is 0. The van der Waals surface area contributed by atoms with E-state index in [0.717, 1.165) is 5.56 Å². The van der Waals surface area contributed by atoms with Crippen molar-refractivity contribution in [2.75, 3.05) is 11.5 Å². The molecule has 1 aromatic carbocycles. The molecule has 0 aromatic heterocycles. The van der Waals surface area contributed by atoms with Crippen molar-refractivity contribution in [2.45, 2.75) is 23.5 Å². The van der Waals surface area contributed by atoms with E-state index in [4.69, 9.17) is 29.0 Å². The number of halogens is 2. The number of hydrazine groups is 1. The molecule has 3 atom stereocenters. The van der Waals surface area contributed by atoms with Crippen LogP contribution in [0.5, 0.6) is 0 Å². The Bertz CT molecular complexity index is 417. The number of rotatable bonds is 3. The number of benzene rings is 1. The number of thioether (sulfide) groups is 2. The molecule has 0 bridgehead atoms. The van der Waals surface area contributed by atoms with E-state index in [-0.39, 0.29) is 6.04 Å². The minimum atomic E-state index is 0.104. The van der Waals surface area contributed by atoms with E-state index >= 15 is 0 Å². The van der Waals surface area contributed by atoms with Crippen molar-refractivity contribution in [3.05, 3.63) is 33.8 Å². The van der Waals surface area contributed by atoms with Crippen LogP contribution >= 0.6 is 46.7 Å². The van der Waals surface area contributed by atoms with Gasteiger partial charge in [-0.05, 0) is 17.7 Å². The van der Waals surface area contributed by atoms with Gasteiger partial charge in [0, 0.05) is 22.0 Å². The molecule has 0 spiro atoms. The van der Waals surface area contributed by atoms with Crippen LogP contribution in [0.3, 0.4) is 0 Å². The lowest BCUT2D eigenvalue weighted by Crippen LogP contribution is -2.40. The fourth-order valence-corrected chi connectivity index (χ4v) is 5.34. The van der Waals surface area contributed by atoms with Gasteiger partial charge in [-0.3, -0.25) is 11.3 Å². The third-order valence-corrected chi connectivity index (χ3v) is 6.98. The van der Waals surface area contributed by atoms with Gasteiger partial charge >= 0.3 is 0 Å². The summed E-state index contributed by atoms with van der Waals surface area (Å²) in [6.45, 7) is 2.25. The summed E-state index contributed by atoms with van der Waals surface area (Å²) < 4.78 is 0. The SMILES string of the molecule is CC1SCCSC1C(NN)c1ccc(Cl)c(Cl)c1. The third-order valence-electron chi connectivity index (χ3n) is 3.05. The van der Waals surface area contributed by atoms with Gasteiger partial charge in [0.1, 0.15) is 0 Å². The first-order valence-electron chi connectivity index (χ1n) is 5.77. The van der Waals surface area contributed by atoms with Gasteiger partial charge in [0.2, 0.25) is 0 Å². The topological polar surface area (TPSA) is 38.0 Å². The van der Waals surface area contributed by atoms with Crippen LogP contribution in [0.2, 0.25) is 10.0 Å². The second-order valence-electron chi connectivity index (χ2n) is 4.23. The van der Waals surface area contributed by atoms with Gasteiger partial charge in [-0.15, -0.1) is 0 Å². The molecule has 3 unspecified atom stereocenters. The molecule has 1 aliphatic rings. The van der Waals surface area contributed by atoms with Crippen LogP contribution in [-0.4, -0.2) is 22.0 Å². The van der Waals surface area contributed by atoms with Crippen molar-refractivity contribution in [1.29, 1.82) is 0 Å². The number of nitrogens with one attached hydrogen (secondary N) is 1. The predicted octanol–water partition coefficient (Wildman–Crippen LogP) is 3.73. The molecule has 18 heavy (non-hydrogen) atoms. The van der Waals surface area contributed by atoms with Crippen LogP contribution in [0.4, 0.5) is 0 Å². The Morgan fingerprint density at radius 3 is 2.61 bits per heavy atom. The zero-order valence-corrected chi connectivity index (χ0v) is 13.2. The molecule has 3 N–H and O–H groups in total. The molecule has 0 radical (unpaired) electrons. The van der Waals surface area contributed by atoms with Crippen molar-refractivity contribution in [2.24, 2.45) is 5.84 Å². The second kappa shape index (κ2) is 6.73. The first kappa shape index (κ1) is 14.8. The molecule has 1 fully saturated rings. The minimum absolute atomic E-state index is 0.104. The van der Waals surface area contributed by atoms with Crippen molar-refractivity contribution < 1.29 is 0 Å². The quantitative estimate of drug-likeness (QED) is 0.656. The van der Waals surface area contributed by atoms with Crippen LogP contribution in [-0.2, 0) is 0 Å². The molecule has 0 saturated carbocycles. The molecule has 2 rings (SSSR count). The fraction of sp³-hybridized carbons (Fsp3) is 0.500.